The van der Waals surface area contributed by atoms with E-state index in [4.69, 9.17) is 10.3 Å². The first-order chi connectivity index (χ1) is 7.09. The van der Waals surface area contributed by atoms with Gasteiger partial charge in [-0.3, -0.25) is 0 Å². The van der Waals surface area contributed by atoms with Crippen LogP contribution in [0.1, 0.15) is 50.9 Å². The second kappa shape index (κ2) is 3.87. The Morgan fingerprint density at radius 2 is 2.07 bits per heavy atom. The standard InChI is InChI=1S/C12H20N2O/c1-7(2)6-10-11(15-14-12(10)13)8(3)9-4-5-9/h7-9H,4-6H2,1-3H3,(H2,13,14). The highest BCUT2D eigenvalue weighted by Gasteiger charge is 2.33. The lowest BCUT2D eigenvalue weighted by atomic mass is 9.95. The number of nitrogen functional groups attached to an aromatic ring is 1. The van der Waals surface area contributed by atoms with Crippen molar-refractivity contribution in [1.82, 2.24) is 5.16 Å². The quantitative estimate of drug-likeness (QED) is 0.827. The first kappa shape index (κ1) is 10.5. The molecule has 0 amide bonds. The molecule has 2 N–H and O–H groups in total. The number of hydrogen-bond acceptors (Lipinski definition) is 3. The van der Waals surface area contributed by atoms with E-state index >= 15 is 0 Å². The van der Waals surface area contributed by atoms with Crippen LogP contribution < -0.4 is 5.73 Å². The Bertz CT molecular complexity index is 339. The van der Waals surface area contributed by atoms with E-state index in [0.29, 0.717) is 17.7 Å². The molecule has 0 bridgehead atoms. The van der Waals surface area contributed by atoms with Crippen LogP contribution in [0.4, 0.5) is 5.82 Å². The van der Waals surface area contributed by atoms with Crippen molar-refractivity contribution in [1.29, 1.82) is 0 Å². The van der Waals surface area contributed by atoms with Crippen LogP contribution in [0, 0.1) is 11.8 Å². The molecule has 84 valence electrons. The predicted molar refractivity (Wildman–Crippen MR) is 60.6 cm³/mol. The number of anilines is 1. The van der Waals surface area contributed by atoms with Gasteiger partial charge in [0.2, 0.25) is 0 Å². The highest BCUT2D eigenvalue weighted by molar-refractivity contribution is 5.42. The molecule has 2 rings (SSSR count). The Balaban J connectivity index is 2.21. The molecule has 0 saturated heterocycles. The first-order valence-electron chi connectivity index (χ1n) is 5.83. The minimum atomic E-state index is 0.489. The van der Waals surface area contributed by atoms with E-state index in [0.717, 1.165) is 23.7 Å². The maximum absolute atomic E-state index is 5.84. The Labute approximate surface area is 91.0 Å². The lowest BCUT2D eigenvalue weighted by molar-refractivity contribution is 0.354. The summed E-state index contributed by atoms with van der Waals surface area (Å²) in [4.78, 5) is 0. The third-order valence-electron chi connectivity index (χ3n) is 3.20. The summed E-state index contributed by atoms with van der Waals surface area (Å²) in [6.07, 6.45) is 3.62. The topological polar surface area (TPSA) is 52.0 Å². The second-order valence-electron chi connectivity index (χ2n) is 5.13. The molecular weight excluding hydrogens is 188 g/mol. The lowest BCUT2D eigenvalue weighted by Gasteiger charge is -2.10. The number of hydrogen-bond donors (Lipinski definition) is 1. The van der Waals surface area contributed by atoms with Gasteiger partial charge in [-0.25, -0.2) is 0 Å². The fourth-order valence-electron chi connectivity index (χ4n) is 2.12. The zero-order chi connectivity index (χ0) is 11.0. The third kappa shape index (κ3) is 2.16. The molecule has 1 aliphatic carbocycles. The maximum atomic E-state index is 5.84. The molecule has 1 aliphatic rings. The zero-order valence-electron chi connectivity index (χ0n) is 9.79. The SMILES string of the molecule is CC(C)Cc1c(N)noc1C(C)C1CC1. The Kier molecular flexibility index (Phi) is 2.72. The summed E-state index contributed by atoms with van der Waals surface area (Å²) >= 11 is 0. The van der Waals surface area contributed by atoms with Gasteiger partial charge < -0.3 is 10.3 Å². The van der Waals surface area contributed by atoms with Crippen LogP contribution in [0.2, 0.25) is 0 Å². The summed E-state index contributed by atoms with van der Waals surface area (Å²) in [6, 6.07) is 0. The van der Waals surface area contributed by atoms with E-state index in [1.54, 1.807) is 0 Å². The van der Waals surface area contributed by atoms with Crippen molar-refractivity contribution in [2.24, 2.45) is 11.8 Å². The van der Waals surface area contributed by atoms with Crippen molar-refractivity contribution in [3.05, 3.63) is 11.3 Å². The normalized spacial score (nSPS) is 18.4. The minimum Gasteiger partial charge on any atom is -0.381 e. The van der Waals surface area contributed by atoms with Crippen LogP contribution in [0.3, 0.4) is 0 Å². The summed E-state index contributed by atoms with van der Waals surface area (Å²) in [5.41, 5.74) is 6.99. The largest absolute Gasteiger partial charge is 0.381 e. The van der Waals surface area contributed by atoms with Crippen molar-refractivity contribution >= 4 is 5.82 Å². The van der Waals surface area contributed by atoms with E-state index in [1.807, 2.05) is 0 Å². The van der Waals surface area contributed by atoms with Crippen molar-refractivity contribution in [2.45, 2.75) is 46.0 Å². The van der Waals surface area contributed by atoms with Gasteiger partial charge in [0.1, 0.15) is 5.76 Å². The molecule has 1 aromatic rings. The Hall–Kier alpha value is -0.990. The highest BCUT2D eigenvalue weighted by atomic mass is 16.5. The van der Waals surface area contributed by atoms with E-state index in [1.165, 1.54) is 12.8 Å². The smallest absolute Gasteiger partial charge is 0.170 e. The molecule has 1 fully saturated rings. The molecule has 0 radical (unpaired) electrons. The van der Waals surface area contributed by atoms with Gasteiger partial charge in [0, 0.05) is 11.5 Å². The number of aromatic nitrogens is 1. The monoisotopic (exact) mass is 208 g/mol. The van der Waals surface area contributed by atoms with Crippen LogP contribution in [-0.2, 0) is 6.42 Å². The average Bonchev–Trinajstić information content (AvgIpc) is 2.93. The third-order valence-corrected chi connectivity index (χ3v) is 3.20. The fraction of sp³-hybridized carbons (Fsp3) is 0.750. The second-order valence-corrected chi connectivity index (χ2v) is 5.13. The van der Waals surface area contributed by atoms with Gasteiger partial charge in [0.05, 0.1) is 0 Å². The highest BCUT2D eigenvalue weighted by Crippen LogP contribution is 2.44. The molecule has 0 aromatic carbocycles. The van der Waals surface area contributed by atoms with Crippen LogP contribution >= 0.6 is 0 Å². The molecule has 1 unspecified atom stereocenters. The Morgan fingerprint density at radius 1 is 1.40 bits per heavy atom. The van der Waals surface area contributed by atoms with Gasteiger partial charge in [-0.05, 0) is 31.1 Å². The summed E-state index contributed by atoms with van der Waals surface area (Å²) in [5.74, 6) is 3.50. The van der Waals surface area contributed by atoms with Gasteiger partial charge in [0.25, 0.3) is 0 Å². The summed E-state index contributed by atoms with van der Waals surface area (Å²) in [6.45, 7) is 6.61. The van der Waals surface area contributed by atoms with Gasteiger partial charge in [0.15, 0.2) is 5.82 Å². The summed E-state index contributed by atoms with van der Waals surface area (Å²) < 4.78 is 5.38. The molecule has 0 spiro atoms. The first-order valence-corrected chi connectivity index (χ1v) is 5.83. The van der Waals surface area contributed by atoms with Gasteiger partial charge >= 0.3 is 0 Å². The van der Waals surface area contributed by atoms with E-state index < -0.39 is 0 Å². The van der Waals surface area contributed by atoms with Crippen LogP contribution in [0.15, 0.2) is 4.52 Å². The molecule has 3 heteroatoms. The van der Waals surface area contributed by atoms with Gasteiger partial charge in [-0.15, -0.1) is 0 Å². The van der Waals surface area contributed by atoms with Crippen molar-refractivity contribution < 1.29 is 4.52 Å². The zero-order valence-corrected chi connectivity index (χ0v) is 9.79. The Morgan fingerprint density at radius 3 is 2.60 bits per heavy atom. The molecule has 1 saturated carbocycles. The molecular formula is C12H20N2O. The van der Waals surface area contributed by atoms with Crippen LogP contribution in [0.25, 0.3) is 0 Å². The molecule has 0 aliphatic heterocycles. The van der Waals surface area contributed by atoms with Crippen molar-refractivity contribution in [3.63, 3.8) is 0 Å². The molecule has 3 nitrogen and oxygen atoms in total. The molecule has 1 heterocycles. The van der Waals surface area contributed by atoms with E-state index in [2.05, 4.69) is 25.9 Å². The van der Waals surface area contributed by atoms with E-state index in [-0.39, 0.29) is 0 Å². The molecule has 1 aromatic heterocycles. The number of nitrogens with two attached hydrogens (primary N) is 1. The maximum Gasteiger partial charge on any atom is 0.170 e. The summed E-state index contributed by atoms with van der Waals surface area (Å²) in [5, 5.41) is 3.90. The molecule has 15 heavy (non-hydrogen) atoms. The fourth-order valence-corrected chi connectivity index (χ4v) is 2.12. The predicted octanol–water partition coefficient (Wildman–Crippen LogP) is 2.97. The minimum absolute atomic E-state index is 0.489. The van der Waals surface area contributed by atoms with Crippen LogP contribution in [-0.4, -0.2) is 5.16 Å². The number of rotatable bonds is 4. The average molecular weight is 208 g/mol. The lowest BCUT2D eigenvalue weighted by Crippen LogP contribution is -2.03. The molecule has 1 atom stereocenters. The van der Waals surface area contributed by atoms with Gasteiger partial charge in [-0.2, -0.15) is 0 Å². The van der Waals surface area contributed by atoms with Crippen molar-refractivity contribution in [2.75, 3.05) is 5.73 Å². The number of nitrogens with zero attached hydrogens (tertiary/aromatic N) is 1. The van der Waals surface area contributed by atoms with Crippen LogP contribution in [0.5, 0.6) is 0 Å². The van der Waals surface area contributed by atoms with Gasteiger partial charge in [-0.1, -0.05) is 25.9 Å². The van der Waals surface area contributed by atoms with Crippen molar-refractivity contribution in [3.8, 4) is 0 Å². The van der Waals surface area contributed by atoms with E-state index in [9.17, 15) is 0 Å². The summed E-state index contributed by atoms with van der Waals surface area (Å²) in [7, 11) is 0.